The Kier molecular flexibility index (Phi) is 4.33. The van der Waals surface area contributed by atoms with Crippen LogP contribution < -0.4 is 20.7 Å². The van der Waals surface area contributed by atoms with Gasteiger partial charge in [-0.2, -0.15) is 9.97 Å². The van der Waals surface area contributed by atoms with Gasteiger partial charge in [0.25, 0.3) is 0 Å². The molecule has 0 radical (unpaired) electrons. The number of piperidine rings is 1. The number of aromatic nitrogens is 3. The molecule has 1 aliphatic heterocycles. The summed E-state index contributed by atoms with van der Waals surface area (Å²) in [6.45, 7) is 2.83. The number of rotatable bonds is 4. The minimum atomic E-state index is -0.280. The highest BCUT2D eigenvalue weighted by atomic mass is 19.1. The summed E-state index contributed by atoms with van der Waals surface area (Å²) in [6, 6.07) is 7.49. The lowest BCUT2D eigenvalue weighted by Gasteiger charge is -2.33. The number of nitrogens with zero attached hydrogens (tertiary/aromatic N) is 4. The van der Waals surface area contributed by atoms with Gasteiger partial charge < -0.3 is 20.7 Å². The summed E-state index contributed by atoms with van der Waals surface area (Å²) in [7, 11) is 1.81. The molecule has 2 unspecified atom stereocenters. The first kappa shape index (κ1) is 19.4. The largest absolute Gasteiger partial charge is 0.423 e. The van der Waals surface area contributed by atoms with Gasteiger partial charge in [-0.15, -0.1) is 0 Å². The van der Waals surface area contributed by atoms with Crippen LogP contribution in [-0.4, -0.2) is 40.6 Å². The minimum Gasteiger partial charge on any atom is -0.423 e. The molecule has 2 fully saturated rings. The number of hydrogen-bond donors (Lipinski definition) is 2. The Morgan fingerprint density at radius 1 is 1.22 bits per heavy atom. The van der Waals surface area contributed by atoms with Gasteiger partial charge in [-0.25, -0.2) is 4.39 Å². The first-order chi connectivity index (χ1) is 15.5. The highest BCUT2D eigenvalue weighted by Crippen LogP contribution is 2.48. The third-order valence-corrected chi connectivity index (χ3v) is 6.94. The van der Waals surface area contributed by atoms with E-state index in [-0.39, 0.29) is 23.9 Å². The zero-order chi connectivity index (χ0) is 22.0. The number of anilines is 2. The number of benzene rings is 1. The number of pyridine rings is 1. The van der Waals surface area contributed by atoms with Gasteiger partial charge in [-0.05, 0) is 61.1 Å². The summed E-state index contributed by atoms with van der Waals surface area (Å²) in [5.74, 6) is 1.66. The SMILES string of the molecule is CNc1cc(F)cc2c1Cc1nc(Oc3ccc(C)nc3)nc(N3CC4CC3[C@H](N)C4)c1-2. The van der Waals surface area contributed by atoms with Gasteiger partial charge in [0.15, 0.2) is 0 Å². The highest BCUT2D eigenvalue weighted by Gasteiger charge is 2.45. The summed E-state index contributed by atoms with van der Waals surface area (Å²) >= 11 is 0. The fraction of sp³-hybridized carbons (Fsp3) is 0.375. The fourth-order valence-electron chi connectivity index (χ4n) is 5.51. The predicted octanol–water partition coefficient (Wildman–Crippen LogP) is 3.65. The Bertz CT molecular complexity index is 1210. The molecule has 3 heterocycles. The van der Waals surface area contributed by atoms with E-state index >= 15 is 0 Å². The minimum absolute atomic E-state index is 0.117. The molecule has 7 nitrogen and oxygen atoms in total. The summed E-state index contributed by atoms with van der Waals surface area (Å²) in [6.07, 6.45) is 4.37. The lowest BCUT2D eigenvalue weighted by atomic mass is 10.0. The predicted molar refractivity (Wildman–Crippen MR) is 121 cm³/mol. The third-order valence-electron chi connectivity index (χ3n) is 6.94. The van der Waals surface area contributed by atoms with Gasteiger partial charge in [0, 0.05) is 49.0 Å². The first-order valence-corrected chi connectivity index (χ1v) is 11.0. The fourth-order valence-corrected chi connectivity index (χ4v) is 5.51. The van der Waals surface area contributed by atoms with Gasteiger partial charge in [0.1, 0.15) is 17.4 Å². The van der Waals surface area contributed by atoms with Crippen molar-refractivity contribution in [2.24, 2.45) is 11.7 Å². The van der Waals surface area contributed by atoms with Crippen molar-refractivity contribution < 1.29 is 9.13 Å². The van der Waals surface area contributed by atoms with Crippen molar-refractivity contribution in [2.75, 3.05) is 23.8 Å². The molecule has 1 saturated carbocycles. The third kappa shape index (κ3) is 3.01. The second kappa shape index (κ2) is 7.13. The summed E-state index contributed by atoms with van der Waals surface area (Å²) in [5, 5.41) is 3.12. The highest BCUT2D eigenvalue weighted by molar-refractivity contribution is 5.88. The normalized spacial score (nSPS) is 22.8. The number of ether oxygens (including phenoxy) is 1. The molecule has 2 aliphatic carbocycles. The molecule has 6 rings (SSSR count). The summed E-state index contributed by atoms with van der Waals surface area (Å²) in [5.41, 5.74) is 11.7. The summed E-state index contributed by atoms with van der Waals surface area (Å²) in [4.78, 5) is 16.2. The van der Waals surface area contributed by atoms with Crippen LogP contribution in [-0.2, 0) is 6.42 Å². The quantitative estimate of drug-likeness (QED) is 0.509. The van der Waals surface area contributed by atoms with Crippen molar-refractivity contribution in [1.82, 2.24) is 15.0 Å². The van der Waals surface area contributed by atoms with Gasteiger partial charge >= 0.3 is 6.01 Å². The standard InChI is InChI=1S/C24H25FN6O/c1-12-3-4-15(10-28-12)32-24-29-20-9-16-17(7-14(25)8-19(16)27-2)22(20)23(30-24)31-11-13-5-18(26)21(31)6-13/h3-4,7-8,10,13,18,21,27H,5-6,9,11,26H2,1-2H3/t13?,18-,21?/m1/s1. The Morgan fingerprint density at radius 2 is 2.09 bits per heavy atom. The van der Waals surface area contributed by atoms with E-state index in [4.69, 9.17) is 20.4 Å². The monoisotopic (exact) mass is 432 g/mol. The Hall–Kier alpha value is -3.26. The first-order valence-electron chi connectivity index (χ1n) is 11.0. The second-order valence-corrected chi connectivity index (χ2v) is 9.02. The van der Waals surface area contributed by atoms with Crippen molar-refractivity contribution >= 4 is 11.5 Å². The molecule has 2 bridgehead atoms. The van der Waals surface area contributed by atoms with E-state index in [1.54, 1.807) is 12.3 Å². The molecule has 8 heteroatoms. The van der Waals surface area contributed by atoms with E-state index < -0.39 is 0 Å². The van der Waals surface area contributed by atoms with Gasteiger partial charge in [-0.3, -0.25) is 4.98 Å². The van der Waals surface area contributed by atoms with Crippen LogP contribution in [0.15, 0.2) is 30.5 Å². The lowest BCUT2D eigenvalue weighted by molar-refractivity contribution is 0.434. The van der Waals surface area contributed by atoms with Crippen molar-refractivity contribution in [3.8, 4) is 22.9 Å². The maximum Gasteiger partial charge on any atom is 0.324 e. The van der Waals surface area contributed by atoms with Crippen LogP contribution in [0.4, 0.5) is 15.9 Å². The molecule has 2 aromatic heterocycles. The van der Waals surface area contributed by atoms with E-state index in [0.717, 1.165) is 59.0 Å². The molecule has 3 atom stereocenters. The van der Waals surface area contributed by atoms with E-state index in [0.29, 0.717) is 18.1 Å². The molecule has 164 valence electrons. The molecule has 32 heavy (non-hydrogen) atoms. The van der Waals surface area contributed by atoms with E-state index in [1.807, 2.05) is 26.1 Å². The van der Waals surface area contributed by atoms with Crippen molar-refractivity contribution in [2.45, 2.75) is 38.3 Å². The van der Waals surface area contributed by atoms with Gasteiger partial charge in [0.2, 0.25) is 0 Å². The molecule has 1 aromatic carbocycles. The van der Waals surface area contributed by atoms with Crippen LogP contribution in [0.5, 0.6) is 11.8 Å². The number of fused-ring (bicyclic) bond motifs is 5. The average Bonchev–Trinajstić information content (AvgIpc) is 3.46. The lowest BCUT2D eigenvalue weighted by Crippen LogP contribution is -2.46. The summed E-state index contributed by atoms with van der Waals surface area (Å²) < 4.78 is 20.5. The van der Waals surface area contributed by atoms with Crippen LogP contribution in [0.1, 0.15) is 29.8 Å². The Labute approximate surface area is 185 Å². The number of halogens is 1. The van der Waals surface area contributed by atoms with E-state index in [9.17, 15) is 4.39 Å². The molecular weight excluding hydrogens is 407 g/mol. The molecule has 1 saturated heterocycles. The zero-order valence-electron chi connectivity index (χ0n) is 18.1. The van der Waals surface area contributed by atoms with Gasteiger partial charge in [-0.1, -0.05) is 0 Å². The number of aryl methyl sites for hydroxylation is 1. The molecule has 3 aliphatic rings. The zero-order valence-corrected chi connectivity index (χ0v) is 18.1. The van der Waals surface area contributed by atoms with Crippen LogP contribution in [0, 0.1) is 18.7 Å². The molecule has 0 spiro atoms. The van der Waals surface area contributed by atoms with Crippen molar-refractivity contribution in [1.29, 1.82) is 0 Å². The van der Waals surface area contributed by atoms with Crippen LogP contribution in [0.3, 0.4) is 0 Å². The molecule has 3 N–H and O–H groups in total. The van der Waals surface area contributed by atoms with Crippen LogP contribution in [0.25, 0.3) is 11.1 Å². The number of nitrogens with two attached hydrogens (primary N) is 1. The van der Waals surface area contributed by atoms with Crippen molar-refractivity contribution in [3.05, 3.63) is 53.2 Å². The average molecular weight is 433 g/mol. The second-order valence-electron chi connectivity index (χ2n) is 9.02. The molecule has 0 amide bonds. The van der Waals surface area contributed by atoms with Crippen molar-refractivity contribution in [3.63, 3.8) is 0 Å². The van der Waals surface area contributed by atoms with E-state index in [2.05, 4.69) is 15.2 Å². The topological polar surface area (TPSA) is 89.2 Å². The van der Waals surface area contributed by atoms with Crippen LogP contribution in [0.2, 0.25) is 0 Å². The smallest absolute Gasteiger partial charge is 0.324 e. The Morgan fingerprint density at radius 3 is 2.81 bits per heavy atom. The van der Waals surface area contributed by atoms with E-state index in [1.165, 1.54) is 6.07 Å². The number of hydrogen-bond acceptors (Lipinski definition) is 7. The molecule has 3 aromatic rings. The van der Waals surface area contributed by atoms with Gasteiger partial charge in [0.05, 0.1) is 11.9 Å². The maximum atomic E-state index is 14.5. The Balaban J connectivity index is 1.49. The number of nitrogens with one attached hydrogen (secondary N) is 1. The maximum absolute atomic E-state index is 14.5. The van der Waals surface area contributed by atoms with Crippen LogP contribution >= 0.6 is 0 Å². The molecular formula is C24H25FN6O.